The van der Waals surface area contributed by atoms with E-state index in [4.69, 9.17) is 0 Å². The van der Waals surface area contributed by atoms with E-state index < -0.39 is 0 Å². The lowest BCUT2D eigenvalue weighted by atomic mass is 9.64. The summed E-state index contributed by atoms with van der Waals surface area (Å²) in [4.78, 5) is 2.42. The number of rotatable bonds is 3. The van der Waals surface area contributed by atoms with Gasteiger partial charge in [-0.2, -0.15) is 0 Å². The van der Waals surface area contributed by atoms with Gasteiger partial charge in [-0.3, -0.25) is 0 Å². The third-order valence-corrected chi connectivity index (χ3v) is 4.59. The van der Waals surface area contributed by atoms with Crippen molar-refractivity contribution in [3.05, 3.63) is 29.8 Å². The van der Waals surface area contributed by atoms with E-state index in [-0.39, 0.29) is 5.41 Å². The second-order valence-electron chi connectivity index (χ2n) is 5.87. The average molecular weight is 247 g/mol. The number of aromatic hydroxyl groups is 1. The number of phenols is 1. The molecular weight excluding hydrogens is 222 g/mol. The largest absolute Gasteiger partial charge is 0.508 e. The molecule has 18 heavy (non-hydrogen) atoms. The van der Waals surface area contributed by atoms with E-state index >= 15 is 0 Å². The van der Waals surface area contributed by atoms with Crippen molar-refractivity contribution in [2.24, 2.45) is 5.92 Å². The summed E-state index contributed by atoms with van der Waals surface area (Å²) in [6, 6.07) is 7.91. The van der Waals surface area contributed by atoms with Crippen molar-refractivity contribution in [1.82, 2.24) is 4.90 Å². The minimum absolute atomic E-state index is 0.250. The Bertz CT molecular complexity index is 404. The van der Waals surface area contributed by atoms with Crippen LogP contribution in [0.5, 0.6) is 5.75 Å². The summed E-state index contributed by atoms with van der Waals surface area (Å²) < 4.78 is 0. The van der Waals surface area contributed by atoms with E-state index in [2.05, 4.69) is 31.9 Å². The van der Waals surface area contributed by atoms with Gasteiger partial charge in [-0.15, -0.1) is 0 Å². The molecule has 0 bridgehead atoms. The van der Waals surface area contributed by atoms with Crippen LogP contribution in [0.1, 0.15) is 38.7 Å². The molecule has 100 valence electrons. The van der Waals surface area contributed by atoms with Gasteiger partial charge < -0.3 is 10.0 Å². The van der Waals surface area contributed by atoms with E-state index in [9.17, 15) is 5.11 Å². The van der Waals surface area contributed by atoms with Crippen LogP contribution in [0.4, 0.5) is 0 Å². The Morgan fingerprint density at radius 2 is 2.22 bits per heavy atom. The SMILES string of the molecule is CCC[C@]1(c2cccc(O)c2)CCN(C)C[C@@H]1C. The third-order valence-electron chi connectivity index (χ3n) is 4.59. The third kappa shape index (κ3) is 2.39. The minimum atomic E-state index is 0.250. The fourth-order valence-electron chi connectivity index (χ4n) is 3.58. The quantitative estimate of drug-likeness (QED) is 0.885. The fraction of sp³-hybridized carbons (Fsp3) is 0.625. The molecule has 1 aromatic carbocycles. The van der Waals surface area contributed by atoms with Gasteiger partial charge in [0.05, 0.1) is 0 Å². The smallest absolute Gasteiger partial charge is 0.115 e. The van der Waals surface area contributed by atoms with Crippen LogP contribution in [0.25, 0.3) is 0 Å². The second-order valence-corrected chi connectivity index (χ2v) is 5.87. The second kappa shape index (κ2) is 5.31. The zero-order valence-corrected chi connectivity index (χ0v) is 11.8. The molecule has 2 heteroatoms. The Morgan fingerprint density at radius 1 is 1.44 bits per heavy atom. The normalized spacial score (nSPS) is 29.4. The van der Waals surface area contributed by atoms with Crippen LogP contribution < -0.4 is 0 Å². The molecule has 2 nitrogen and oxygen atoms in total. The van der Waals surface area contributed by atoms with Crippen LogP contribution in [0, 0.1) is 5.92 Å². The van der Waals surface area contributed by atoms with Crippen molar-refractivity contribution in [2.75, 3.05) is 20.1 Å². The molecule has 0 unspecified atom stereocenters. The van der Waals surface area contributed by atoms with Gasteiger partial charge >= 0.3 is 0 Å². The summed E-state index contributed by atoms with van der Waals surface area (Å²) in [7, 11) is 2.20. The predicted octanol–water partition coefficient (Wildman–Crippen LogP) is 3.40. The number of likely N-dealkylation sites (tertiary alicyclic amines) is 1. The van der Waals surface area contributed by atoms with Crippen molar-refractivity contribution in [2.45, 2.75) is 38.5 Å². The zero-order chi connectivity index (χ0) is 13.2. The lowest BCUT2D eigenvalue weighted by Crippen LogP contribution is -2.47. The van der Waals surface area contributed by atoms with Crippen LogP contribution in [0.15, 0.2) is 24.3 Å². The zero-order valence-electron chi connectivity index (χ0n) is 11.8. The highest BCUT2D eigenvalue weighted by molar-refractivity contribution is 5.34. The summed E-state index contributed by atoms with van der Waals surface area (Å²) in [6.45, 7) is 6.92. The van der Waals surface area contributed by atoms with E-state index in [0.29, 0.717) is 11.7 Å². The van der Waals surface area contributed by atoms with E-state index in [1.165, 1.54) is 24.8 Å². The summed E-state index contributed by atoms with van der Waals surface area (Å²) >= 11 is 0. The number of hydrogen-bond acceptors (Lipinski definition) is 2. The van der Waals surface area contributed by atoms with Gasteiger partial charge in [-0.1, -0.05) is 32.4 Å². The van der Waals surface area contributed by atoms with Gasteiger partial charge in [0.2, 0.25) is 0 Å². The lowest BCUT2D eigenvalue weighted by molar-refractivity contribution is 0.112. The summed E-state index contributed by atoms with van der Waals surface area (Å²) in [5, 5.41) is 9.75. The first-order valence-electron chi connectivity index (χ1n) is 7.06. The number of hydrogen-bond donors (Lipinski definition) is 1. The molecule has 1 aliphatic rings. The van der Waals surface area contributed by atoms with E-state index in [0.717, 1.165) is 13.1 Å². The Labute approximate surface area is 111 Å². The predicted molar refractivity (Wildman–Crippen MR) is 76.0 cm³/mol. The topological polar surface area (TPSA) is 23.5 Å². The molecule has 1 fully saturated rings. The standard InChI is InChI=1S/C16H25NO/c1-4-8-16(9-10-17(3)12-13(16)2)14-6-5-7-15(18)11-14/h5-7,11,13,18H,4,8-10,12H2,1-3H3/t13-,16-/m0/s1. The van der Waals surface area contributed by atoms with Crippen molar-refractivity contribution in [1.29, 1.82) is 0 Å². The maximum Gasteiger partial charge on any atom is 0.115 e. The molecule has 0 aliphatic carbocycles. The van der Waals surface area contributed by atoms with E-state index in [1.807, 2.05) is 12.1 Å². The molecule has 1 N–H and O–H groups in total. The van der Waals surface area contributed by atoms with Gasteiger partial charge in [-0.25, -0.2) is 0 Å². The molecule has 0 radical (unpaired) electrons. The van der Waals surface area contributed by atoms with Crippen LogP contribution >= 0.6 is 0 Å². The van der Waals surface area contributed by atoms with Gasteiger partial charge in [0.1, 0.15) is 5.75 Å². The number of nitrogens with zero attached hydrogens (tertiary/aromatic N) is 1. The Hall–Kier alpha value is -1.02. The molecular formula is C16H25NO. The van der Waals surface area contributed by atoms with Crippen LogP contribution in [-0.2, 0) is 5.41 Å². The molecule has 1 aliphatic heterocycles. The maximum absolute atomic E-state index is 9.75. The molecule has 0 aromatic heterocycles. The molecule has 0 spiro atoms. The first-order chi connectivity index (χ1) is 8.58. The number of phenolic OH excluding ortho intramolecular Hbond substituents is 1. The Kier molecular flexibility index (Phi) is 3.96. The fourth-order valence-corrected chi connectivity index (χ4v) is 3.58. The van der Waals surface area contributed by atoms with E-state index in [1.54, 1.807) is 6.07 Å². The molecule has 0 amide bonds. The van der Waals surface area contributed by atoms with Crippen molar-refractivity contribution < 1.29 is 5.11 Å². The van der Waals surface area contributed by atoms with Crippen LogP contribution in [-0.4, -0.2) is 30.1 Å². The highest BCUT2D eigenvalue weighted by Crippen LogP contribution is 2.43. The van der Waals surface area contributed by atoms with Crippen LogP contribution in [0.3, 0.4) is 0 Å². The van der Waals surface area contributed by atoms with Gasteiger partial charge in [0, 0.05) is 12.0 Å². The molecule has 1 saturated heterocycles. The first kappa shape index (κ1) is 13.4. The highest BCUT2D eigenvalue weighted by atomic mass is 16.3. The van der Waals surface area contributed by atoms with Gasteiger partial charge in [0.15, 0.2) is 0 Å². The minimum Gasteiger partial charge on any atom is -0.508 e. The van der Waals surface area contributed by atoms with Gasteiger partial charge in [-0.05, 0) is 50.0 Å². The maximum atomic E-state index is 9.75. The molecule has 1 heterocycles. The van der Waals surface area contributed by atoms with Crippen molar-refractivity contribution >= 4 is 0 Å². The molecule has 1 aromatic rings. The van der Waals surface area contributed by atoms with Crippen molar-refractivity contribution in [3.8, 4) is 5.75 Å². The molecule has 0 saturated carbocycles. The summed E-state index contributed by atoms with van der Waals surface area (Å²) in [6.07, 6.45) is 3.61. The molecule has 2 atom stereocenters. The molecule has 2 rings (SSSR count). The average Bonchev–Trinajstić information content (AvgIpc) is 2.33. The van der Waals surface area contributed by atoms with Gasteiger partial charge in [0.25, 0.3) is 0 Å². The summed E-state index contributed by atoms with van der Waals surface area (Å²) in [5.74, 6) is 1.03. The number of piperidine rings is 1. The lowest BCUT2D eigenvalue weighted by Gasteiger charge is -2.46. The monoisotopic (exact) mass is 247 g/mol. The van der Waals surface area contributed by atoms with Crippen LogP contribution in [0.2, 0.25) is 0 Å². The number of benzene rings is 1. The summed E-state index contributed by atoms with van der Waals surface area (Å²) in [5.41, 5.74) is 1.57. The Balaban J connectivity index is 2.37. The Morgan fingerprint density at radius 3 is 2.83 bits per heavy atom. The first-order valence-corrected chi connectivity index (χ1v) is 7.06. The highest BCUT2D eigenvalue weighted by Gasteiger charge is 2.40. The van der Waals surface area contributed by atoms with Crippen molar-refractivity contribution in [3.63, 3.8) is 0 Å².